The summed E-state index contributed by atoms with van der Waals surface area (Å²) in [6, 6.07) is 0. The van der Waals surface area contributed by atoms with E-state index in [1.165, 1.54) is 6.26 Å². The van der Waals surface area contributed by atoms with Gasteiger partial charge >= 0.3 is 5.97 Å². The van der Waals surface area contributed by atoms with Gasteiger partial charge in [-0.25, -0.2) is 0 Å². The molecule has 0 aromatic heterocycles. The lowest BCUT2D eigenvalue weighted by molar-refractivity contribution is -0.143. The Balaban J connectivity index is 3.00. The van der Waals surface area contributed by atoms with Crippen molar-refractivity contribution in [2.24, 2.45) is 0 Å². The van der Waals surface area contributed by atoms with Crippen LogP contribution in [0.3, 0.4) is 0 Å². The van der Waals surface area contributed by atoms with E-state index in [1.807, 2.05) is 0 Å². The van der Waals surface area contributed by atoms with Crippen molar-refractivity contribution in [3.05, 3.63) is 12.8 Å². The third-order valence-electron chi connectivity index (χ3n) is 1.33. The zero-order chi connectivity index (χ0) is 9.23. The number of unbranched alkanes of at least 4 members (excludes halogenated alkanes) is 1. The Morgan fingerprint density at radius 2 is 2.08 bits per heavy atom. The topological polar surface area (TPSA) is 35.5 Å². The lowest BCUT2D eigenvalue weighted by atomic mass is 10.3. The molecule has 0 rings (SSSR count). The summed E-state index contributed by atoms with van der Waals surface area (Å²) < 4.78 is 9.74. The van der Waals surface area contributed by atoms with Gasteiger partial charge in [-0.3, -0.25) is 4.79 Å². The van der Waals surface area contributed by atoms with Crippen LogP contribution in [0.15, 0.2) is 12.8 Å². The van der Waals surface area contributed by atoms with E-state index >= 15 is 0 Å². The number of esters is 1. The van der Waals surface area contributed by atoms with E-state index in [0.717, 1.165) is 12.8 Å². The molecule has 0 aromatic rings. The lowest BCUT2D eigenvalue weighted by Gasteiger charge is -2.02. The molecule has 0 saturated heterocycles. The van der Waals surface area contributed by atoms with Gasteiger partial charge in [0, 0.05) is 6.42 Å². The lowest BCUT2D eigenvalue weighted by Crippen LogP contribution is -2.04. The Labute approximate surface area is 73.4 Å². The highest BCUT2D eigenvalue weighted by Gasteiger charge is 1.96. The van der Waals surface area contributed by atoms with E-state index in [2.05, 4.69) is 6.58 Å². The molecule has 0 fully saturated rings. The molecule has 0 unspecified atom stereocenters. The highest BCUT2D eigenvalue weighted by Crippen LogP contribution is 1.93. The van der Waals surface area contributed by atoms with Gasteiger partial charge in [-0.15, -0.1) is 0 Å². The van der Waals surface area contributed by atoms with Crippen molar-refractivity contribution in [3.8, 4) is 0 Å². The van der Waals surface area contributed by atoms with Crippen LogP contribution in [0.5, 0.6) is 0 Å². The van der Waals surface area contributed by atoms with Gasteiger partial charge < -0.3 is 9.47 Å². The van der Waals surface area contributed by atoms with Crippen molar-refractivity contribution < 1.29 is 14.3 Å². The summed E-state index contributed by atoms with van der Waals surface area (Å²) >= 11 is 0. The van der Waals surface area contributed by atoms with E-state index in [9.17, 15) is 4.79 Å². The average Bonchev–Trinajstić information content (AvgIpc) is 2.10. The summed E-state index contributed by atoms with van der Waals surface area (Å²) in [6.45, 7) is 6.33. The van der Waals surface area contributed by atoms with Crippen LogP contribution >= 0.6 is 0 Å². The van der Waals surface area contributed by atoms with E-state index in [0.29, 0.717) is 19.6 Å². The molecule has 0 amide bonds. The molecule has 0 aliphatic heterocycles. The van der Waals surface area contributed by atoms with Crippen molar-refractivity contribution >= 4 is 5.97 Å². The van der Waals surface area contributed by atoms with Gasteiger partial charge in [0.15, 0.2) is 0 Å². The van der Waals surface area contributed by atoms with Crippen LogP contribution in [-0.2, 0) is 14.3 Å². The van der Waals surface area contributed by atoms with Crippen LogP contribution in [0.4, 0.5) is 0 Å². The van der Waals surface area contributed by atoms with Crippen LogP contribution < -0.4 is 0 Å². The first kappa shape index (κ1) is 11.0. The standard InChI is InChI=1S/C9H16O3/c1-3-9(10)12-8-6-5-7-11-4-2/h4H,2-3,5-8H2,1H3. The van der Waals surface area contributed by atoms with E-state index in [4.69, 9.17) is 9.47 Å². The highest BCUT2D eigenvalue weighted by molar-refractivity contribution is 5.68. The van der Waals surface area contributed by atoms with Crippen molar-refractivity contribution in [3.63, 3.8) is 0 Å². The quantitative estimate of drug-likeness (QED) is 0.334. The van der Waals surface area contributed by atoms with Crippen LogP contribution in [0, 0.1) is 0 Å². The SMILES string of the molecule is C=COCCCCOC(=O)CC. The Bertz CT molecular complexity index is 132. The fraction of sp³-hybridized carbons (Fsp3) is 0.667. The van der Waals surface area contributed by atoms with E-state index < -0.39 is 0 Å². The zero-order valence-electron chi connectivity index (χ0n) is 7.54. The molecule has 0 radical (unpaired) electrons. The van der Waals surface area contributed by atoms with Crippen LogP contribution in [0.2, 0.25) is 0 Å². The number of hydrogen-bond donors (Lipinski definition) is 0. The summed E-state index contributed by atoms with van der Waals surface area (Å²) in [5, 5.41) is 0. The molecule has 0 N–H and O–H groups in total. The normalized spacial score (nSPS) is 9.08. The molecule has 12 heavy (non-hydrogen) atoms. The molecule has 0 saturated carbocycles. The first-order chi connectivity index (χ1) is 5.81. The second kappa shape index (κ2) is 8.11. The van der Waals surface area contributed by atoms with Crippen molar-refractivity contribution in [2.75, 3.05) is 13.2 Å². The van der Waals surface area contributed by atoms with Crippen LogP contribution in [0.1, 0.15) is 26.2 Å². The molecule has 3 nitrogen and oxygen atoms in total. The molecule has 70 valence electrons. The van der Waals surface area contributed by atoms with Gasteiger partial charge in [-0.05, 0) is 12.8 Å². The number of carbonyl (C=O) groups excluding carboxylic acids is 1. The van der Waals surface area contributed by atoms with E-state index in [-0.39, 0.29) is 5.97 Å². The van der Waals surface area contributed by atoms with Gasteiger partial charge in [0.1, 0.15) is 0 Å². The monoisotopic (exact) mass is 172 g/mol. The fourth-order valence-electron chi connectivity index (χ4n) is 0.659. The molecule has 3 heteroatoms. The first-order valence-electron chi connectivity index (χ1n) is 4.19. The molecule has 0 aliphatic rings. The molecule has 0 heterocycles. The van der Waals surface area contributed by atoms with Gasteiger partial charge in [0.2, 0.25) is 0 Å². The molecular formula is C9H16O3. The molecular weight excluding hydrogens is 156 g/mol. The summed E-state index contributed by atoms with van der Waals surface area (Å²) in [7, 11) is 0. The van der Waals surface area contributed by atoms with Gasteiger partial charge in [-0.1, -0.05) is 13.5 Å². The zero-order valence-corrected chi connectivity index (χ0v) is 7.54. The van der Waals surface area contributed by atoms with Crippen molar-refractivity contribution in [2.45, 2.75) is 26.2 Å². The Morgan fingerprint density at radius 3 is 2.67 bits per heavy atom. The minimum absolute atomic E-state index is 0.139. The second-order valence-electron chi connectivity index (χ2n) is 2.32. The molecule has 0 bridgehead atoms. The third-order valence-corrected chi connectivity index (χ3v) is 1.33. The minimum atomic E-state index is -0.139. The summed E-state index contributed by atoms with van der Waals surface area (Å²) in [4.78, 5) is 10.6. The van der Waals surface area contributed by atoms with Crippen molar-refractivity contribution in [1.82, 2.24) is 0 Å². The first-order valence-corrected chi connectivity index (χ1v) is 4.19. The maximum atomic E-state index is 10.6. The Hall–Kier alpha value is -0.990. The number of hydrogen-bond acceptors (Lipinski definition) is 3. The molecule has 0 atom stereocenters. The summed E-state index contributed by atoms with van der Waals surface area (Å²) in [6.07, 6.45) is 3.60. The van der Waals surface area contributed by atoms with E-state index in [1.54, 1.807) is 6.92 Å². The molecule has 0 aromatic carbocycles. The van der Waals surface area contributed by atoms with Gasteiger partial charge in [0.25, 0.3) is 0 Å². The second-order valence-corrected chi connectivity index (χ2v) is 2.32. The fourth-order valence-corrected chi connectivity index (χ4v) is 0.659. The van der Waals surface area contributed by atoms with Crippen LogP contribution in [0.25, 0.3) is 0 Å². The van der Waals surface area contributed by atoms with Gasteiger partial charge in [-0.2, -0.15) is 0 Å². The predicted octanol–water partition coefficient (Wildman–Crippen LogP) is 1.88. The van der Waals surface area contributed by atoms with Crippen molar-refractivity contribution in [1.29, 1.82) is 0 Å². The van der Waals surface area contributed by atoms with Crippen LogP contribution in [-0.4, -0.2) is 19.2 Å². The van der Waals surface area contributed by atoms with Gasteiger partial charge in [0.05, 0.1) is 19.5 Å². The highest BCUT2D eigenvalue weighted by atomic mass is 16.5. The predicted molar refractivity (Wildman–Crippen MR) is 46.6 cm³/mol. The molecule has 0 aliphatic carbocycles. The summed E-state index contributed by atoms with van der Waals surface area (Å²) in [5.41, 5.74) is 0. The maximum Gasteiger partial charge on any atom is 0.305 e. The third kappa shape index (κ3) is 7.12. The Morgan fingerprint density at radius 1 is 1.42 bits per heavy atom. The smallest absolute Gasteiger partial charge is 0.305 e. The minimum Gasteiger partial charge on any atom is -0.502 e. The average molecular weight is 172 g/mol. The largest absolute Gasteiger partial charge is 0.502 e. The maximum absolute atomic E-state index is 10.6. The molecule has 0 spiro atoms. The number of rotatable bonds is 7. The number of carbonyl (C=O) groups is 1. The Kier molecular flexibility index (Phi) is 7.44. The number of ether oxygens (including phenoxy) is 2. The summed E-state index contributed by atoms with van der Waals surface area (Å²) in [5.74, 6) is -0.139.